The average Bonchev–Trinajstić information content (AvgIpc) is 1.94. The summed E-state index contributed by atoms with van der Waals surface area (Å²) in [5.74, 6) is -0.129. The average molecular weight is 245 g/mol. The van der Waals surface area contributed by atoms with Crippen LogP contribution in [0.2, 0.25) is 0 Å². The van der Waals surface area contributed by atoms with Crippen molar-refractivity contribution in [2.24, 2.45) is 0 Å². The molecule has 0 aromatic heterocycles. The van der Waals surface area contributed by atoms with Gasteiger partial charge in [0.25, 0.3) is 0 Å². The lowest BCUT2D eigenvalue weighted by Crippen LogP contribution is -2.13. The lowest BCUT2D eigenvalue weighted by Gasteiger charge is -2.16. The summed E-state index contributed by atoms with van der Waals surface area (Å²) in [5, 5.41) is 0. The van der Waals surface area contributed by atoms with E-state index in [2.05, 4.69) is 29.8 Å². The smallest absolute Gasteiger partial charge is 0.126 e. The van der Waals surface area contributed by atoms with Crippen LogP contribution in [0.1, 0.15) is 25.0 Å². The van der Waals surface area contributed by atoms with Gasteiger partial charge in [0.15, 0.2) is 0 Å². The lowest BCUT2D eigenvalue weighted by atomic mass is 10.0. The number of hydrogen-bond donors (Lipinski definition) is 0. The van der Waals surface area contributed by atoms with E-state index < -0.39 is 0 Å². The summed E-state index contributed by atoms with van der Waals surface area (Å²) >= 11 is 3.56. The molecule has 2 heteroatoms. The van der Waals surface area contributed by atoms with E-state index >= 15 is 0 Å². The molecule has 0 fully saturated rings. The molecule has 0 heterocycles. The Bertz CT molecular complexity index is 299. The first-order valence-electron chi connectivity index (χ1n) is 4.32. The van der Waals surface area contributed by atoms with E-state index in [9.17, 15) is 4.39 Å². The molecule has 0 spiro atoms. The first-order chi connectivity index (χ1) is 5.88. The highest BCUT2D eigenvalue weighted by molar-refractivity contribution is 9.10. The summed E-state index contributed by atoms with van der Waals surface area (Å²) in [5.41, 5.74) is 1.88. The van der Waals surface area contributed by atoms with Crippen LogP contribution in [0.25, 0.3) is 0 Å². The molecule has 1 aromatic rings. The van der Waals surface area contributed by atoms with Crippen LogP contribution in [0.3, 0.4) is 0 Å². The molecular formula is C11H14BrF. The lowest BCUT2D eigenvalue weighted by molar-refractivity contribution is 0.616. The Morgan fingerprint density at radius 2 is 2.00 bits per heavy atom. The van der Waals surface area contributed by atoms with Gasteiger partial charge >= 0.3 is 0 Å². The molecule has 0 aliphatic rings. The number of halogens is 2. The number of hydrogen-bond acceptors (Lipinski definition) is 0. The first kappa shape index (κ1) is 10.7. The first-order valence-corrected chi connectivity index (χ1v) is 5.12. The molecule has 0 saturated carbocycles. The number of alkyl halides is 1. The Morgan fingerprint density at radius 3 is 2.46 bits per heavy atom. The van der Waals surface area contributed by atoms with Crippen molar-refractivity contribution in [3.63, 3.8) is 0 Å². The Kier molecular flexibility index (Phi) is 3.12. The van der Waals surface area contributed by atoms with Crippen LogP contribution in [-0.2, 0) is 6.42 Å². The van der Waals surface area contributed by atoms with Gasteiger partial charge in [-0.3, -0.25) is 0 Å². The molecule has 0 amide bonds. The van der Waals surface area contributed by atoms with Gasteiger partial charge in [-0.25, -0.2) is 4.39 Å². The second-order valence-electron chi connectivity index (χ2n) is 3.98. The van der Waals surface area contributed by atoms with Crippen molar-refractivity contribution in [3.8, 4) is 0 Å². The van der Waals surface area contributed by atoms with Crippen LogP contribution in [0, 0.1) is 12.7 Å². The van der Waals surface area contributed by atoms with Gasteiger partial charge in [0.2, 0.25) is 0 Å². The highest BCUT2D eigenvalue weighted by Gasteiger charge is 2.13. The Balaban J connectivity index is 2.86. The summed E-state index contributed by atoms with van der Waals surface area (Å²) in [4.78, 5) is 0. The second-order valence-corrected chi connectivity index (χ2v) is 6.13. The molecular weight excluding hydrogens is 231 g/mol. The van der Waals surface area contributed by atoms with E-state index in [0.29, 0.717) is 5.56 Å². The van der Waals surface area contributed by atoms with Crippen LogP contribution in [0.4, 0.5) is 4.39 Å². The maximum Gasteiger partial charge on any atom is 0.126 e. The third-order valence-electron chi connectivity index (χ3n) is 1.85. The van der Waals surface area contributed by atoms with Crippen molar-refractivity contribution in [1.82, 2.24) is 0 Å². The number of aryl methyl sites for hydroxylation is 1. The van der Waals surface area contributed by atoms with E-state index in [0.717, 1.165) is 6.42 Å². The molecule has 0 atom stereocenters. The third kappa shape index (κ3) is 3.47. The van der Waals surface area contributed by atoms with Gasteiger partial charge in [-0.2, -0.15) is 0 Å². The van der Waals surface area contributed by atoms with Crippen molar-refractivity contribution in [1.29, 1.82) is 0 Å². The van der Waals surface area contributed by atoms with Crippen molar-refractivity contribution in [2.45, 2.75) is 31.5 Å². The molecule has 0 unspecified atom stereocenters. The topological polar surface area (TPSA) is 0 Å². The molecule has 0 bridgehead atoms. The highest BCUT2D eigenvalue weighted by atomic mass is 79.9. The van der Waals surface area contributed by atoms with Crippen LogP contribution >= 0.6 is 15.9 Å². The van der Waals surface area contributed by atoms with Crippen molar-refractivity contribution in [2.75, 3.05) is 0 Å². The molecule has 72 valence electrons. The van der Waals surface area contributed by atoms with Gasteiger partial charge in [0.1, 0.15) is 5.82 Å². The molecule has 13 heavy (non-hydrogen) atoms. The molecule has 0 nitrogen and oxygen atoms in total. The summed E-state index contributed by atoms with van der Waals surface area (Å²) in [6.07, 6.45) is 0.911. The van der Waals surface area contributed by atoms with Gasteiger partial charge in [0, 0.05) is 4.32 Å². The summed E-state index contributed by atoms with van der Waals surface area (Å²) in [6, 6.07) is 5.27. The summed E-state index contributed by atoms with van der Waals surface area (Å²) in [7, 11) is 0. The van der Waals surface area contributed by atoms with E-state index in [1.807, 2.05) is 12.1 Å². The van der Waals surface area contributed by atoms with Crippen LogP contribution in [-0.4, -0.2) is 4.32 Å². The molecule has 0 aliphatic carbocycles. The monoisotopic (exact) mass is 244 g/mol. The maximum atomic E-state index is 12.9. The molecule has 0 radical (unpaired) electrons. The Hall–Kier alpha value is -0.370. The molecule has 0 saturated heterocycles. The van der Waals surface area contributed by atoms with Gasteiger partial charge in [0.05, 0.1) is 0 Å². The second kappa shape index (κ2) is 3.79. The fourth-order valence-corrected chi connectivity index (χ4v) is 1.63. The Labute approximate surface area is 87.3 Å². The maximum absolute atomic E-state index is 12.9. The number of benzene rings is 1. The van der Waals surface area contributed by atoms with E-state index in [-0.39, 0.29) is 10.1 Å². The van der Waals surface area contributed by atoms with E-state index in [1.54, 1.807) is 6.92 Å². The van der Waals surface area contributed by atoms with Crippen molar-refractivity contribution in [3.05, 3.63) is 35.1 Å². The van der Waals surface area contributed by atoms with E-state index in [4.69, 9.17) is 0 Å². The van der Waals surface area contributed by atoms with Gasteiger partial charge in [-0.15, -0.1) is 0 Å². The highest BCUT2D eigenvalue weighted by Crippen LogP contribution is 2.22. The summed E-state index contributed by atoms with van der Waals surface area (Å²) in [6.45, 7) is 6.00. The zero-order valence-corrected chi connectivity index (χ0v) is 9.78. The van der Waals surface area contributed by atoms with Crippen LogP contribution in [0.5, 0.6) is 0 Å². The zero-order valence-electron chi connectivity index (χ0n) is 8.20. The molecule has 0 aliphatic heterocycles. The van der Waals surface area contributed by atoms with Gasteiger partial charge < -0.3 is 0 Å². The molecule has 0 N–H and O–H groups in total. The minimum atomic E-state index is -0.129. The third-order valence-corrected chi connectivity index (χ3v) is 2.13. The zero-order chi connectivity index (χ0) is 10.1. The van der Waals surface area contributed by atoms with Crippen molar-refractivity contribution >= 4 is 15.9 Å². The Morgan fingerprint density at radius 1 is 1.38 bits per heavy atom. The van der Waals surface area contributed by atoms with E-state index in [1.165, 1.54) is 11.6 Å². The van der Waals surface area contributed by atoms with Crippen molar-refractivity contribution < 1.29 is 4.39 Å². The number of rotatable bonds is 2. The summed E-state index contributed by atoms with van der Waals surface area (Å²) < 4.78 is 13.0. The molecule has 1 aromatic carbocycles. The minimum absolute atomic E-state index is 0.0806. The van der Waals surface area contributed by atoms with Crippen LogP contribution in [0.15, 0.2) is 18.2 Å². The van der Waals surface area contributed by atoms with Crippen LogP contribution < -0.4 is 0 Å². The fraction of sp³-hybridized carbons (Fsp3) is 0.455. The quantitative estimate of drug-likeness (QED) is 0.694. The minimum Gasteiger partial charge on any atom is -0.207 e. The van der Waals surface area contributed by atoms with Gasteiger partial charge in [-0.1, -0.05) is 28.1 Å². The van der Waals surface area contributed by atoms with Gasteiger partial charge in [-0.05, 0) is 44.4 Å². The standard InChI is InChI=1S/C11H14BrF/c1-8-6-9(4-5-10(8)13)7-11(2,3)12/h4-6H,7H2,1-3H3. The molecule has 1 rings (SSSR count). The normalized spacial score (nSPS) is 11.8. The SMILES string of the molecule is Cc1cc(CC(C)(C)Br)ccc1F. The fourth-order valence-electron chi connectivity index (χ4n) is 1.30. The largest absolute Gasteiger partial charge is 0.207 e. The predicted octanol–water partition coefficient (Wildman–Crippen LogP) is 3.85. The predicted molar refractivity (Wildman–Crippen MR) is 57.8 cm³/mol.